The zero-order valence-electron chi connectivity index (χ0n) is 12.9. The Morgan fingerprint density at radius 2 is 2.14 bits per heavy atom. The fraction of sp³-hybridized carbons (Fsp3) is 0.786. The molecular weight excluding hydrogens is 272 g/mol. The van der Waals surface area contributed by atoms with Crippen LogP contribution in [0.15, 0.2) is 0 Å². The number of carbonyl (C=O) groups is 3. The lowest BCUT2D eigenvalue weighted by Gasteiger charge is -2.29. The van der Waals surface area contributed by atoms with E-state index in [-0.39, 0.29) is 24.4 Å². The van der Waals surface area contributed by atoms with E-state index in [1.165, 1.54) is 0 Å². The summed E-state index contributed by atoms with van der Waals surface area (Å²) in [6, 6.07) is -0.328. The van der Waals surface area contributed by atoms with Crippen molar-refractivity contribution < 1.29 is 14.4 Å². The van der Waals surface area contributed by atoms with E-state index >= 15 is 0 Å². The summed E-state index contributed by atoms with van der Waals surface area (Å²) in [5.41, 5.74) is -0.929. The first kappa shape index (κ1) is 15.8. The first-order valence-electron chi connectivity index (χ1n) is 7.51. The van der Waals surface area contributed by atoms with Gasteiger partial charge in [-0.05, 0) is 33.2 Å². The molecule has 2 aliphatic rings. The molecule has 2 heterocycles. The molecule has 0 spiro atoms. The third-order valence-electron chi connectivity index (χ3n) is 4.00. The molecule has 4 amide bonds. The van der Waals surface area contributed by atoms with Crippen molar-refractivity contribution in [3.8, 4) is 0 Å². The van der Waals surface area contributed by atoms with Gasteiger partial charge in [0.05, 0.1) is 0 Å². The Morgan fingerprint density at radius 1 is 1.43 bits per heavy atom. The number of amides is 4. The number of carbonyl (C=O) groups excluding carboxylic acids is 3. The lowest BCUT2D eigenvalue weighted by molar-refractivity contribution is -0.139. The highest BCUT2D eigenvalue weighted by Gasteiger charge is 2.45. The van der Waals surface area contributed by atoms with E-state index in [0.717, 1.165) is 30.8 Å². The van der Waals surface area contributed by atoms with Gasteiger partial charge in [0.2, 0.25) is 5.91 Å². The average Bonchev–Trinajstić information content (AvgIpc) is 2.99. The van der Waals surface area contributed by atoms with Gasteiger partial charge in [-0.2, -0.15) is 0 Å². The third kappa shape index (κ3) is 3.18. The molecule has 2 aliphatic heterocycles. The highest BCUT2D eigenvalue weighted by atomic mass is 16.2. The SMILES string of the molecule is CCCN(C(=O)CN1C(=O)NC(C)(C)C1=O)C1CCNC1. The Balaban J connectivity index is 2.04. The van der Waals surface area contributed by atoms with Crippen molar-refractivity contribution in [3.05, 3.63) is 0 Å². The smallest absolute Gasteiger partial charge is 0.325 e. The van der Waals surface area contributed by atoms with Crippen LogP contribution in [-0.2, 0) is 9.59 Å². The summed E-state index contributed by atoms with van der Waals surface area (Å²) < 4.78 is 0. The molecule has 0 aromatic rings. The van der Waals surface area contributed by atoms with Crippen LogP contribution >= 0.6 is 0 Å². The maximum atomic E-state index is 12.5. The largest absolute Gasteiger partial charge is 0.337 e. The van der Waals surface area contributed by atoms with Crippen LogP contribution in [0.5, 0.6) is 0 Å². The van der Waals surface area contributed by atoms with E-state index in [1.807, 2.05) is 6.92 Å². The molecule has 7 nitrogen and oxygen atoms in total. The number of hydrogen-bond acceptors (Lipinski definition) is 4. The van der Waals surface area contributed by atoms with Crippen molar-refractivity contribution in [1.29, 1.82) is 0 Å². The molecule has 2 fully saturated rings. The molecule has 2 saturated heterocycles. The number of urea groups is 1. The number of hydrogen-bond donors (Lipinski definition) is 2. The lowest BCUT2D eigenvalue weighted by Crippen LogP contribution is -2.48. The molecule has 0 aromatic heterocycles. The minimum absolute atomic E-state index is 0.159. The summed E-state index contributed by atoms with van der Waals surface area (Å²) >= 11 is 0. The van der Waals surface area contributed by atoms with Gasteiger partial charge in [0, 0.05) is 19.1 Å². The van der Waals surface area contributed by atoms with Crippen LogP contribution in [0.1, 0.15) is 33.6 Å². The van der Waals surface area contributed by atoms with Gasteiger partial charge >= 0.3 is 6.03 Å². The van der Waals surface area contributed by atoms with Gasteiger partial charge in [-0.3, -0.25) is 14.5 Å². The number of rotatable bonds is 5. The Morgan fingerprint density at radius 3 is 2.62 bits per heavy atom. The highest BCUT2D eigenvalue weighted by molar-refractivity contribution is 6.08. The van der Waals surface area contributed by atoms with Crippen LogP contribution < -0.4 is 10.6 Å². The molecule has 1 atom stereocenters. The van der Waals surface area contributed by atoms with Crippen molar-refractivity contribution in [2.45, 2.75) is 45.2 Å². The van der Waals surface area contributed by atoms with Gasteiger partial charge in [-0.1, -0.05) is 6.92 Å². The van der Waals surface area contributed by atoms with Crippen LogP contribution in [0.25, 0.3) is 0 Å². The van der Waals surface area contributed by atoms with Crippen molar-refractivity contribution in [2.75, 3.05) is 26.2 Å². The minimum Gasteiger partial charge on any atom is -0.337 e. The summed E-state index contributed by atoms with van der Waals surface area (Å²) in [6.07, 6.45) is 1.77. The monoisotopic (exact) mass is 296 g/mol. The van der Waals surface area contributed by atoms with Crippen LogP contribution in [-0.4, -0.2) is 65.4 Å². The molecule has 2 rings (SSSR count). The average molecular weight is 296 g/mol. The first-order chi connectivity index (χ1) is 9.86. The summed E-state index contributed by atoms with van der Waals surface area (Å²) in [5.74, 6) is -0.506. The molecular formula is C14H24N4O3. The van der Waals surface area contributed by atoms with Gasteiger partial charge in [0.15, 0.2) is 0 Å². The van der Waals surface area contributed by atoms with Crippen molar-refractivity contribution in [2.24, 2.45) is 0 Å². The fourth-order valence-corrected chi connectivity index (χ4v) is 2.84. The van der Waals surface area contributed by atoms with Crippen molar-refractivity contribution in [1.82, 2.24) is 20.4 Å². The van der Waals surface area contributed by atoms with Crippen LogP contribution in [0, 0.1) is 0 Å². The first-order valence-corrected chi connectivity index (χ1v) is 7.51. The molecule has 0 aromatic carbocycles. The summed E-state index contributed by atoms with van der Waals surface area (Å²) in [7, 11) is 0. The highest BCUT2D eigenvalue weighted by Crippen LogP contribution is 2.17. The van der Waals surface area contributed by atoms with E-state index < -0.39 is 11.6 Å². The predicted molar refractivity (Wildman–Crippen MR) is 77.6 cm³/mol. The Labute approximate surface area is 125 Å². The van der Waals surface area contributed by atoms with Crippen molar-refractivity contribution >= 4 is 17.8 Å². The van der Waals surface area contributed by atoms with E-state index in [4.69, 9.17) is 0 Å². The van der Waals surface area contributed by atoms with Crippen LogP contribution in [0.4, 0.5) is 4.79 Å². The molecule has 0 bridgehead atoms. The van der Waals surface area contributed by atoms with E-state index in [9.17, 15) is 14.4 Å². The molecule has 0 saturated carbocycles. The standard InChI is InChI=1S/C14H24N4O3/c1-4-7-17(10-5-6-15-8-10)11(19)9-18-12(20)14(2,3)16-13(18)21/h10,15H,4-9H2,1-3H3,(H,16,21). The van der Waals surface area contributed by atoms with Gasteiger partial charge in [-0.25, -0.2) is 4.79 Å². The number of nitrogens with one attached hydrogen (secondary N) is 2. The fourth-order valence-electron chi connectivity index (χ4n) is 2.84. The maximum absolute atomic E-state index is 12.5. The third-order valence-corrected chi connectivity index (χ3v) is 4.00. The van der Waals surface area contributed by atoms with E-state index in [1.54, 1.807) is 18.7 Å². The van der Waals surface area contributed by atoms with E-state index in [0.29, 0.717) is 6.54 Å². The molecule has 0 aliphatic carbocycles. The van der Waals surface area contributed by atoms with Gasteiger partial charge < -0.3 is 15.5 Å². The van der Waals surface area contributed by atoms with E-state index in [2.05, 4.69) is 10.6 Å². The lowest BCUT2D eigenvalue weighted by atomic mass is 10.1. The Hall–Kier alpha value is -1.63. The van der Waals surface area contributed by atoms with Gasteiger partial charge in [-0.15, -0.1) is 0 Å². The molecule has 118 valence electrons. The van der Waals surface area contributed by atoms with Gasteiger partial charge in [0.25, 0.3) is 5.91 Å². The Kier molecular flexibility index (Phi) is 4.51. The summed E-state index contributed by atoms with van der Waals surface area (Å²) in [6.45, 7) is 7.44. The van der Waals surface area contributed by atoms with Gasteiger partial charge in [0.1, 0.15) is 12.1 Å². The number of imide groups is 1. The van der Waals surface area contributed by atoms with Crippen molar-refractivity contribution in [3.63, 3.8) is 0 Å². The van der Waals surface area contributed by atoms with Crippen LogP contribution in [0.2, 0.25) is 0 Å². The number of nitrogens with zero attached hydrogens (tertiary/aromatic N) is 2. The Bertz CT molecular complexity index is 444. The topological polar surface area (TPSA) is 81.8 Å². The second kappa shape index (κ2) is 6.01. The zero-order valence-corrected chi connectivity index (χ0v) is 12.9. The second-order valence-electron chi connectivity index (χ2n) is 6.18. The summed E-state index contributed by atoms with van der Waals surface area (Å²) in [4.78, 5) is 39.3. The molecule has 1 unspecified atom stereocenters. The molecule has 21 heavy (non-hydrogen) atoms. The normalized spacial score (nSPS) is 24.3. The minimum atomic E-state index is -0.929. The molecule has 2 N–H and O–H groups in total. The predicted octanol–water partition coefficient (Wildman–Crippen LogP) is -0.0827. The van der Waals surface area contributed by atoms with Crippen LogP contribution in [0.3, 0.4) is 0 Å². The molecule has 0 radical (unpaired) electrons. The second-order valence-corrected chi connectivity index (χ2v) is 6.18. The zero-order chi connectivity index (χ0) is 15.6. The maximum Gasteiger partial charge on any atom is 0.325 e. The molecule has 7 heteroatoms. The quantitative estimate of drug-likeness (QED) is 0.695. The summed E-state index contributed by atoms with van der Waals surface area (Å²) in [5, 5.41) is 5.83.